The Balaban J connectivity index is 0.000000180. The number of rotatable bonds is 1. The van der Waals surface area contributed by atoms with Gasteiger partial charge in [-0.1, -0.05) is 0 Å². The molecule has 0 amide bonds. The second kappa shape index (κ2) is 6.99. The van der Waals surface area contributed by atoms with Crippen molar-refractivity contribution in [2.75, 3.05) is 13.2 Å². The Labute approximate surface area is 115 Å². The molecule has 0 radical (unpaired) electrons. The summed E-state index contributed by atoms with van der Waals surface area (Å²) in [5.74, 6) is 0. The molecule has 1 aromatic heterocycles. The van der Waals surface area contributed by atoms with Gasteiger partial charge in [0.25, 0.3) is 5.56 Å². The lowest BCUT2D eigenvalue weighted by molar-refractivity contribution is -0.00588. The molecule has 0 spiro atoms. The summed E-state index contributed by atoms with van der Waals surface area (Å²) in [7, 11) is 0. The van der Waals surface area contributed by atoms with E-state index in [1.54, 1.807) is 0 Å². The molecule has 9 heteroatoms. The average Bonchev–Trinajstić information content (AvgIpc) is 2.66. The topological polar surface area (TPSA) is 136 Å². The molecular weight excluding hydrogens is 359 g/mol. The Kier molecular flexibility index (Phi) is 5.95. The highest BCUT2D eigenvalue weighted by molar-refractivity contribution is 14.1. The fraction of sp³-hybridized carbons (Fsp3) is 0.556. The average molecular weight is 372 g/mol. The fourth-order valence-electron chi connectivity index (χ4n) is 1.22. The fourth-order valence-corrected chi connectivity index (χ4v) is 1.51. The molecule has 1 aliphatic heterocycles. The van der Waals surface area contributed by atoms with E-state index in [0.29, 0.717) is 3.57 Å². The lowest BCUT2D eigenvalue weighted by atomic mass is 10.2. The summed E-state index contributed by atoms with van der Waals surface area (Å²) < 4.78 is 5.26. The molecule has 8 nitrogen and oxygen atoms in total. The molecular formula is C9H13IN2O6. The standard InChI is InChI=1S/C5H10O4.C4H3IN2O2/c6-1-4-5(8)3(7)2-9-4;5-2-1-6-4(9)7-3(2)8/h3-8H,1-2H2;1H,(H2,6,7,8,9)/t3-,4+,5-;/m0./s1. The molecule has 0 bridgehead atoms. The van der Waals surface area contributed by atoms with Gasteiger partial charge in [-0.05, 0) is 22.6 Å². The first kappa shape index (κ1) is 15.3. The number of ether oxygens (including phenoxy) is 1. The number of hydrogen-bond donors (Lipinski definition) is 5. The van der Waals surface area contributed by atoms with Gasteiger partial charge in [-0.2, -0.15) is 0 Å². The molecule has 102 valence electrons. The van der Waals surface area contributed by atoms with Crippen LogP contribution in [0.25, 0.3) is 0 Å². The largest absolute Gasteiger partial charge is 0.394 e. The third-order valence-electron chi connectivity index (χ3n) is 2.21. The Hall–Kier alpha value is -0.750. The highest BCUT2D eigenvalue weighted by atomic mass is 127. The minimum absolute atomic E-state index is 0.117. The van der Waals surface area contributed by atoms with Crippen LogP contribution in [0.3, 0.4) is 0 Å². The summed E-state index contributed by atoms with van der Waals surface area (Å²) in [4.78, 5) is 25.3. The van der Waals surface area contributed by atoms with Gasteiger partial charge in [-0.3, -0.25) is 9.78 Å². The number of aromatic nitrogens is 2. The van der Waals surface area contributed by atoms with Gasteiger partial charge in [-0.15, -0.1) is 0 Å². The van der Waals surface area contributed by atoms with Crippen LogP contribution in [0.2, 0.25) is 0 Å². The minimum Gasteiger partial charge on any atom is -0.394 e. The van der Waals surface area contributed by atoms with Gasteiger partial charge in [0.15, 0.2) is 0 Å². The highest BCUT2D eigenvalue weighted by Gasteiger charge is 2.33. The van der Waals surface area contributed by atoms with Crippen molar-refractivity contribution in [3.8, 4) is 0 Å². The number of aromatic amines is 2. The third-order valence-corrected chi connectivity index (χ3v) is 3.01. The second-order valence-electron chi connectivity index (χ2n) is 3.53. The maximum Gasteiger partial charge on any atom is 0.325 e. The summed E-state index contributed by atoms with van der Waals surface area (Å²) in [5, 5.41) is 26.2. The molecule has 2 heterocycles. The van der Waals surface area contributed by atoms with E-state index in [1.165, 1.54) is 6.20 Å². The summed E-state index contributed by atoms with van der Waals surface area (Å²) >= 11 is 1.83. The van der Waals surface area contributed by atoms with E-state index in [0.717, 1.165) is 0 Å². The smallest absolute Gasteiger partial charge is 0.325 e. The second-order valence-corrected chi connectivity index (χ2v) is 4.69. The molecule has 18 heavy (non-hydrogen) atoms. The normalized spacial score (nSPS) is 26.6. The highest BCUT2D eigenvalue weighted by Crippen LogP contribution is 2.12. The van der Waals surface area contributed by atoms with E-state index in [9.17, 15) is 9.59 Å². The third kappa shape index (κ3) is 4.17. The molecule has 0 aromatic carbocycles. The zero-order valence-electron chi connectivity index (χ0n) is 9.17. The molecule has 1 aliphatic rings. The van der Waals surface area contributed by atoms with Crippen LogP contribution in [-0.2, 0) is 4.74 Å². The van der Waals surface area contributed by atoms with Crippen molar-refractivity contribution in [3.63, 3.8) is 0 Å². The monoisotopic (exact) mass is 372 g/mol. The van der Waals surface area contributed by atoms with Crippen LogP contribution >= 0.6 is 22.6 Å². The van der Waals surface area contributed by atoms with E-state index in [-0.39, 0.29) is 18.8 Å². The van der Waals surface area contributed by atoms with Gasteiger partial charge in [-0.25, -0.2) is 4.79 Å². The number of aliphatic hydroxyl groups excluding tert-OH is 3. The number of nitrogens with one attached hydrogen (secondary N) is 2. The molecule has 2 rings (SSSR count). The van der Waals surface area contributed by atoms with Crippen molar-refractivity contribution in [1.82, 2.24) is 9.97 Å². The first-order chi connectivity index (χ1) is 8.45. The SMILES string of the molecule is O=c1[nH]cc(I)c(=O)[nH]1.OC[C@H]1OC[C@H](O)[C@@H]1O. The molecule has 1 fully saturated rings. The van der Waals surface area contributed by atoms with Crippen LogP contribution in [0.5, 0.6) is 0 Å². The van der Waals surface area contributed by atoms with E-state index in [1.807, 2.05) is 22.6 Å². The van der Waals surface area contributed by atoms with Crippen molar-refractivity contribution in [2.24, 2.45) is 0 Å². The van der Waals surface area contributed by atoms with Gasteiger partial charge in [0.2, 0.25) is 0 Å². The Morgan fingerprint density at radius 2 is 2.11 bits per heavy atom. The van der Waals surface area contributed by atoms with Crippen LogP contribution in [-0.4, -0.2) is 56.8 Å². The minimum atomic E-state index is -0.921. The quantitative estimate of drug-likeness (QED) is 0.354. The lowest BCUT2D eigenvalue weighted by Crippen LogP contribution is -2.31. The lowest BCUT2D eigenvalue weighted by Gasteiger charge is -2.10. The molecule has 3 atom stereocenters. The maximum absolute atomic E-state index is 10.6. The van der Waals surface area contributed by atoms with Gasteiger partial charge < -0.3 is 25.0 Å². The first-order valence-electron chi connectivity index (χ1n) is 5.01. The number of hydrogen-bond acceptors (Lipinski definition) is 6. The van der Waals surface area contributed by atoms with Crippen LogP contribution in [0, 0.1) is 3.57 Å². The van der Waals surface area contributed by atoms with Gasteiger partial charge >= 0.3 is 5.69 Å². The van der Waals surface area contributed by atoms with Crippen molar-refractivity contribution >= 4 is 22.6 Å². The number of aliphatic hydroxyl groups is 3. The number of halogens is 1. The van der Waals surface area contributed by atoms with Crippen LogP contribution in [0.4, 0.5) is 0 Å². The Morgan fingerprint density at radius 3 is 2.44 bits per heavy atom. The van der Waals surface area contributed by atoms with Crippen molar-refractivity contribution in [2.45, 2.75) is 18.3 Å². The van der Waals surface area contributed by atoms with Gasteiger partial charge in [0, 0.05) is 6.20 Å². The van der Waals surface area contributed by atoms with E-state index in [4.69, 9.17) is 20.1 Å². The van der Waals surface area contributed by atoms with E-state index >= 15 is 0 Å². The first-order valence-corrected chi connectivity index (χ1v) is 6.09. The predicted octanol–water partition coefficient (Wildman–Crippen LogP) is -2.23. The molecule has 0 unspecified atom stereocenters. The van der Waals surface area contributed by atoms with Crippen molar-refractivity contribution < 1.29 is 20.1 Å². The van der Waals surface area contributed by atoms with E-state index in [2.05, 4.69) is 9.97 Å². The van der Waals surface area contributed by atoms with Gasteiger partial charge in [0.05, 0.1) is 16.8 Å². The van der Waals surface area contributed by atoms with Crippen molar-refractivity contribution in [1.29, 1.82) is 0 Å². The summed E-state index contributed by atoms with van der Waals surface area (Å²) in [5.41, 5.74) is -0.820. The zero-order chi connectivity index (χ0) is 13.7. The van der Waals surface area contributed by atoms with Crippen LogP contribution in [0.15, 0.2) is 15.8 Å². The summed E-state index contributed by atoms with van der Waals surface area (Å²) in [6, 6.07) is 0. The van der Waals surface area contributed by atoms with Crippen LogP contribution in [0.1, 0.15) is 0 Å². The molecule has 1 saturated heterocycles. The molecule has 5 N–H and O–H groups in total. The zero-order valence-corrected chi connectivity index (χ0v) is 11.3. The maximum atomic E-state index is 10.6. The summed E-state index contributed by atoms with van der Waals surface area (Å²) in [6.45, 7) is -0.120. The van der Waals surface area contributed by atoms with Crippen LogP contribution < -0.4 is 11.2 Å². The van der Waals surface area contributed by atoms with Gasteiger partial charge in [0.1, 0.15) is 18.3 Å². The Bertz CT molecular complexity index is 486. The number of H-pyrrole nitrogens is 2. The molecule has 1 aromatic rings. The predicted molar refractivity (Wildman–Crippen MR) is 69.2 cm³/mol. The molecule has 0 saturated carbocycles. The Morgan fingerprint density at radius 1 is 1.44 bits per heavy atom. The van der Waals surface area contributed by atoms with E-state index < -0.39 is 24.0 Å². The van der Waals surface area contributed by atoms with Crippen molar-refractivity contribution in [3.05, 3.63) is 30.6 Å². The summed E-state index contributed by atoms with van der Waals surface area (Å²) in [6.07, 6.45) is -0.987. The molecule has 0 aliphatic carbocycles.